The molecular weight excluding hydrogens is 258 g/mol. The molecule has 0 saturated carbocycles. The van der Waals surface area contributed by atoms with Gasteiger partial charge in [0.1, 0.15) is 0 Å². The van der Waals surface area contributed by atoms with Crippen molar-refractivity contribution in [3.63, 3.8) is 0 Å². The molecule has 0 heterocycles. The third-order valence-corrected chi connectivity index (χ3v) is 2.35. The molecule has 20 heavy (non-hydrogen) atoms. The van der Waals surface area contributed by atoms with E-state index in [1.807, 2.05) is 6.92 Å². The summed E-state index contributed by atoms with van der Waals surface area (Å²) in [5, 5.41) is 20.9. The van der Waals surface area contributed by atoms with E-state index < -0.39 is 6.10 Å². The lowest BCUT2D eigenvalue weighted by atomic mass is 10.4. The highest BCUT2D eigenvalue weighted by molar-refractivity contribution is 4.52. The van der Waals surface area contributed by atoms with Gasteiger partial charge in [-0.1, -0.05) is 13.8 Å². The number of aliphatic hydroxyl groups excluding tert-OH is 2. The fourth-order valence-corrected chi connectivity index (χ4v) is 1.18. The zero-order valence-electron chi connectivity index (χ0n) is 13.9. The maximum Gasteiger partial charge on any atom is 0.0781 e. The minimum absolute atomic E-state index is 0.0170. The van der Waals surface area contributed by atoms with Crippen molar-refractivity contribution in [3.05, 3.63) is 0 Å². The predicted octanol–water partition coefficient (Wildman–Crippen LogP) is 1.57. The van der Waals surface area contributed by atoms with Gasteiger partial charge in [0.05, 0.1) is 38.1 Å². The molecule has 0 saturated heterocycles. The lowest BCUT2D eigenvalue weighted by Crippen LogP contribution is -2.24. The third kappa shape index (κ3) is 20.1. The van der Waals surface area contributed by atoms with Crippen molar-refractivity contribution in [1.29, 1.82) is 0 Å². The van der Waals surface area contributed by atoms with E-state index in [1.165, 1.54) is 25.9 Å². The Kier molecular flexibility index (Phi) is 18.6. The van der Waals surface area contributed by atoms with Crippen LogP contribution in [0.25, 0.3) is 0 Å². The molecule has 0 aromatic carbocycles. The maximum absolute atomic E-state index is 8.92. The van der Waals surface area contributed by atoms with Crippen LogP contribution in [0.2, 0.25) is 0 Å². The van der Waals surface area contributed by atoms with Crippen molar-refractivity contribution in [2.45, 2.75) is 65.8 Å². The molecule has 0 aliphatic rings. The number of hydrogen-bond donors (Lipinski definition) is 3. The van der Waals surface area contributed by atoms with Crippen LogP contribution in [-0.4, -0.2) is 61.4 Å². The molecule has 0 amide bonds. The number of rotatable bonds is 11. The van der Waals surface area contributed by atoms with E-state index >= 15 is 0 Å². The first-order valence-electron chi connectivity index (χ1n) is 7.70. The first-order chi connectivity index (χ1) is 9.47. The van der Waals surface area contributed by atoms with Crippen molar-refractivity contribution in [2.75, 3.05) is 32.9 Å². The second kappa shape index (κ2) is 16.9. The molecule has 0 rings (SSSR count). The Labute approximate surface area is 124 Å². The summed E-state index contributed by atoms with van der Waals surface area (Å²) in [6, 6.07) is 0. The lowest BCUT2D eigenvalue weighted by molar-refractivity contribution is -0.0620. The summed E-state index contributed by atoms with van der Waals surface area (Å²) in [5.74, 6) is 0. The van der Waals surface area contributed by atoms with Crippen molar-refractivity contribution in [3.8, 4) is 0 Å². The fraction of sp³-hybridized carbons (Fsp3) is 1.00. The Hall–Kier alpha value is -0.200. The molecule has 0 aromatic rings. The normalized spacial score (nSPS) is 15.2. The van der Waals surface area contributed by atoms with Crippen LogP contribution in [0, 0.1) is 0 Å². The van der Waals surface area contributed by atoms with Gasteiger partial charge in [-0.05, 0) is 46.7 Å². The standard InChI is InChI=1S/C9H20O4.C6H15N/c1-7(11)5-12-9(3)6-13-8(2)4-10;1-3-5-7-6-4-2/h7-11H,4-6H2,1-3H3;7H,3-6H2,1-2H3. The number of hydrogen-bond acceptors (Lipinski definition) is 5. The molecule has 124 valence electrons. The molecule has 0 aliphatic heterocycles. The largest absolute Gasteiger partial charge is 0.394 e. The minimum Gasteiger partial charge on any atom is -0.394 e. The summed E-state index contributed by atoms with van der Waals surface area (Å²) >= 11 is 0. The number of ether oxygens (including phenoxy) is 2. The Bertz CT molecular complexity index is 175. The monoisotopic (exact) mass is 293 g/mol. The topological polar surface area (TPSA) is 71.0 Å². The van der Waals surface area contributed by atoms with Gasteiger partial charge in [0, 0.05) is 0 Å². The van der Waals surface area contributed by atoms with E-state index in [0.717, 1.165) is 0 Å². The SMILES string of the molecule is CC(O)COC(C)COC(C)CO.CCCNCCC. The number of nitrogens with one attached hydrogen (secondary N) is 1. The zero-order chi connectivity index (χ0) is 15.8. The smallest absolute Gasteiger partial charge is 0.0781 e. The van der Waals surface area contributed by atoms with Gasteiger partial charge in [-0.15, -0.1) is 0 Å². The van der Waals surface area contributed by atoms with Crippen LogP contribution in [0.15, 0.2) is 0 Å². The van der Waals surface area contributed by atoms with Gasteiger partial charge in [-0.2, -0.15) is 0 Å². The molecular formula is C15H35NO4. The summed E-state index contributed by atoms with van der Waals surface area (Å²) in [7, 11) is 0. The highest BCUT2D eigenvalue weighted by Gasteiger charge is 2.06. The van der Waals surface area contributed by atoms with Gasteiger partial charge in [0.15, 0.2) is 0 Å². The van der Waals surface area contributed by atoms with Crippen molar-refractivity contribution < 1.29 is 19.7 Å². The lowest BCUT2D eigenvalue weighted by Gasteiger charge is -2.16. The Morgan fingerprint density at radius 2 is 1.40 bits per heavy atom. The van der Waals surface area contributed by atoms with Gasteiger partial charge in [0.25, 0.3) is 0 Å². The molecule has 0 fully saturated rings. The van der Waals surface area contributed by atoms with E-state index in [0.29, 0.717) is 13.2 Å². The summed E-state index contributed by atoms with van der Waals surface area (Å²) < 4.78 is 10.5. The summed E-state index contributed by atoms with van der Waals surface area (Å²) in [5.41, 5.74) is 0. The van der Waals surface area contributed by atoms with Gasteiger partial charge in [-0.3, -0.25) is 0 Å². The van der Waals surface area contributed by atoms with Gasteiger partial charge in [-0.25, -0.2) is 0 Å². The predicted molar refractivity (Wildman–Crippen MR) is 83.0 cm³/mol. The molecule has 0 radical (unpaired) electrons. The Morgan fingerprint density at radius 1 is 0.900 bits per heavy atom. The van der Waals surface area contributed by atoms with Gasteiger partial charge < -0.3 is 25.0 Å². The average molecular weight is 293 g/mol. The minimum atomic E-state index is -0.447. The zero-order valence-corrected chi connectivity index (χ0v) is 13.9. The highest BCUT2D eigenvalue weighted by Crippen LogP contribution is 1.97. The van der Waals surface area contributed by atoms with Crippen LogP contribution < -0.4 is 5.32 Å². The third-order valence-electron chi connectivity index (χ3n) is 2.35. The van der Waals surface area contributed by atoms with Crippen molar-refractivity contribution in [1.82, 2.24) is 5.32 Å². The fourth-order valence-electron chi connectivity index (χ4n) is 1.18. The van der Waals surface area contributed by atoms with E-state index in [4.69, 9.17) is 19.7 Å². The van der Waals surface area contributed by atoms with Gasteiger partial charge in [0.2, 0.25) is 0 Å². The molecule has 5 heteroatoms. The molecule has 0 bridgehead atoms. The molecule has 3 atom stereocenters. The van der Waals surface area contributed by atoms with Gasteiger partial charge >= 0.3 is 0 Å². The molecule has 0 aromatic heterocycles. The van der Waals surface area contributed by atoms with Crippen LogP contribution in [-0.2, 0) is 9.47 Å². The molecule has 3 unspecified atom stereocenters. The first kappa shape index (κ1) is 22.1. The molecule has 0 spiro atoms. The van der Waals surface area contributed by atoms with Crippen LogP contribution >= 0.6 is 0 Å². The van der Waals surface area contributed by atoms with E-state index in [2.05, 4.69) is 19.2 Å². The number of aliphatic hydroxyl groups is 2. The average Bonchev–Trinajstić information content (AvgIpc) is 2.43. The summed E-state index contributed by atoms with van der Waals surface area (Å²) in [6.45, 7) is 12.8. The highest BCUT2D eigenvalue weighted by atomic mass is 16.5. The summed E-state index contributed by atoms with van der Waals surface area (Å²) in [6.07, 6.45) is 1.85. The second-order valence-electron chi connectivity index (χ2n) is 5.07. The first-order valence-corrected chi connectivity index (χ1v) is 7.70. The molecule has 0 aliphatic carbocycles. The van der Waals surface area contributed by atoms with E-state index in [-0.39, 0.29) is 18.8 Å². The van der Waals surface area contributed by atoms with Crippen molar-refractivity contribution >= 4 is 0 Å². The maximum atomic E-state index is 8.92. The van der Waals surface area contributed by atoms with Crippen LogP contribution in [0.4, 0.5) is 0 Å². The quantitative estimate of drug-likeness (QED) is 0.504. The molecule has 3 N–H and O–H groups in total. The summed E-state index contributed by atoms with van der Waals surface area (Å²) in [4.78, 5) is 0. The van der Waals surface area contributed by atoms with E-state index in [9.17, 15) is 0 Å². The van der Waals surface area contributed by atoms with Crippen LogP contribution in [0.1, 0.15) is 47.5 Å². The van der Waals surface area contributed by atoms with Crippen LogP contribution in [0.5, 0.6) is 0 Å². The second-order valence-corrected chi connectivity index (χ2v) is 5.07. The van der Waals surface area contributed by atoms with Crippen LogP contribution in [0.3, 0.4) is 0 Å². The Balaban J connectivity index is 0. The Morgan fingerprint density at radius 3 is 1.80 bits per heavy atom. The molecule has 5 nitrogen and oxygen atoms in total. The van der Waals surface area contributed by atoms with Crippen molar-refractivity contribution in [2.24, 2.45) is 0 Å². The van der Waals surface area contributed by atoms with E-state index in [1.54, 1.807) is 13.8 Å².